The van der Waals surface area contributed by atoms with E-state index in [1.165, 1.54) is 18.9 Å². The fourth-order valence-corrected chi connectivity index (χ4v) is 6.89. The molecule has 2 amide bonds. The number of amides is 2. The Hall–Kier alpha value is -3.67. The number of carbonyl (C=O) groups is 3. The van der Waals surface area contributed by atoms with Gasteiger partial charge in [-0.25, -0.2) is 4.57 Å². The number of nitrogens with one attached hydrogen (secondary N) is 1. The lowest BCUT2D eigenvalue weighted by Crippen LogP contribution is -2.71. The number of nitrogens with two attached hydrogens (primary N) is 2. The van der Waals surface area contributed by atoms with E-state index >= 15 is 0 Å². The van der Waals surface area contributed by atoms with Gasteiger partial charge < -0.3 is 31.5 Å². The largest absolute Gasteiger partial charge is 0.543 e. The number of fused-ring (bicyclic) bond motifs is 2. The van der Waals surface area contributed by atoms with Crippen LogP contribution < -0.4 is 26.3 Å². The number of nitrogens with zero attached hydrogens (tertiary/aromatic N) is 6. The molecular formula is C22H23N9O5S3. The van der Waals surface area contributed by atoms with Gasteiger partial charge in [-0.3, -0.25) is 14.5 Å². The summed E-state index contributed by atoms with van der Waals surface area (Å²) in [5.41, 5.74) is 12.2. The maximum atomic E-state index is 13.1. The first-order chi connectivity index (χ1) is 18.8. The summed E-state index contributed by atoms with van der Waals surface area (Å²) in [5, 5.41) is 19.0. The number of β-lactam (4-membered cyclic amide) rings is 1. The van der Waals surface area contributed by atoms with Crippen LogP contribution in [0.15, 0.2) is 52.0 Å². The van der Waals surface area contributed by atoms with Gasteiger partial charge >= 0.3 is 0 Å². The van der Waals surface area contributed by atoms with Crippen LogP contribution >= 0.6 is 35.1 Å². The van der Waals surface area contributed by atoms with Gasteiger partial charge in [0.05, 0.1) is 11.7 Å². The third kappa shape index (κ3) is 5.05. The van der Waals surface area contributed by atoms with Gasteiger partial charge in [0.1, 0.15) is 37.5 Å². The molecular weight excluding hydrogens is 567 g/mol. The molecule has 39 heavy (non-hydrogen) atoms. The predicted molar refractivity (Wildman–Crippen MR) is 142 cm³/mol. The maximum absolute atomic E-state index is 13.1. The van der Waals surface area contributed by atoms with E-state index in [1.807, 2.05) is 39.6 Å². The average molecular weight is 590 g/mol. The lowest BCUT2D eigenvalue weighted by atomic mass is 10.0. The minimum absolute atomic E-state index is 0.0456. The number of thioether (sulfide) groups is 2. The lowest BCUT2D eigenvalue weighted by Gasteiger charge is -2.50. The van der Waals surface area contributed by atoms with E-state index in [1.54, 1.807) is 11.8 Å². The number of hydrogen-bond acceptors (Lipinski definition) is 13. The van der Waals surface area contributed by atoms with Crippen molar-refractivity contribution in [1.82, 2.24) is 24.1 Å². The molecule has 0 saturated carbocycles. The highest BCUT2D eigenvalue weighted by Crippen LogP contribution is 2.40. The van der Waals surface area contributed by atoms with Crippen molar-refractivity contribution < 1.29 is 28.7 Å². The Morgan fingerprint density at radius 1 is 1.41 bits per heavy atom. The number of aliphatic carboxylic acids is 1. The summed E-state index contributed by atoms with van der Waals surface area (Å²) in [6, 6.07) is 4.85. The highest BCUT2D eigenvalue weighted by atomic mass is 32.2. The lowest BCUT2D eigenvalue weighted by molar-refractivity contribution is -0.554. The zero-order chi connectivity index (χ0) is 27.7. The van der Waals surface area contributed by atoms with E-state index in [4.69, 9.17) is 16.3 Å². The standard InChI is InChI=1S/C22H23N9O5S3/c1-36-27-14(17-26-22(24)39-28-17)18(32)25-15-19(33)31-16(21(34)35)11(10-38-20(15)31)9-29-6-7-30-12(29)3-2-4-13(30)37-8-5-23/h2-4,6-7,15,20H,5,8-10,23H2,1H3,(H3-,24,25,26,28,32,34,35)/b27-14-/t15-,20+/m1/s1. The number of carboxylic acids is 1. The first kappa shape index (κ1) is 26.9. The average Bonchev–Trinajstić information content (AvgIpc) is 3.54. The van der Waals surface area contributed by atoms with Gasteiger partial charge in [0.25, 0.3) is 17.5 Å². The van der Waals surface area contributed by atoms with Gasteiger partial charge in [-0.2, -0.15) is 13.8 Å². The molecule has 14 nitrogen and oxygen atoms in total. The smallest absolute Gasteiger partial charge is 0.287 e. The Kier molecular flexibility index (Phi) is 7.74. The van der Waals surface area contributed by atoms with Crippen molar-refractivity contribution >= 4 is 69.3 Å². The van der Waals surface area contributed by atoms with Gasteiger partial charge in [0.15, 0.2) is 10.2 Å². The fourth-order valence-electron chi connectivity index (χ4n) is 4.33. The molecule has 5 rings (SSSR count). The number of nitrogen functional groups attached to an aromatic ring is 1. The molecule has 3 aromatic rings. The van der Waals surface area contributed by atoms with Crippen molar-refractivity contribution in [2.45, 2.75) is 23.0 Å². The molecule has 1 fully saturated rings. The number of carboxylic acid groups (broad SMARTS) is 1. The first-order valence-electron chi connectivity index (χ1n) is 11.6. The molecule has 0 aliphatic carbocycles. The minimum atomic E-state index is -1.46. The van der Waals surface area contributed by atoms with Crippen molar-refractivity contribution in [2.75, 3.05) is 30.9 Å². The van der Waals surface area contributed by atoms with E-state index in [-0.39, 0.29) is 28.9 Å². The van der Waals surface area contributed by atoms with Crippen LogP contribution in [0.4, 0.5) is 5.13 Å². The number of imidazole rings is 1. The summed E-state index contributed by atoms with van der Waals surface area (Å²) in [6.45, 7) is 0.789. The quantitative estimate of drug-likeness (QED) is 0.0790. The topological polar surface area (TPSA) is 198 Å². The number of rotatable bonds is 10. The first-order valence-corrected chi connectivity index (χ1v) is 14.4. The van der Waals surface area contributed by atoms with Crippen molar-refractivity contribution in [3.63, 3.8) is 0 Å². The Labute approximate surface area is 234 Å². The second-order valence-corrected chi connectivity index (χ2v) is 11.3. The number of anilines is 1. The van der Waals surface area contributed by atoms with Crippen LogP contribution in [-0.4, -0.2) is 78.9 Å². The molecule has 2 aliphatic heterocycles. The molecule has 2 atom stereocenters. The van der Waals surface area contributed by atoms with Crippen LogP contribution in [0.1, 0.15) is 5.82 Å². The normalized spacial score (nSPS) is 19.2. The van der Waals surface area contributed by atoms with Crippen molar-refractivity contribution in [2.24, 2.45) is 10.9 Å². The molecule has 5 N–H and O–H groups in total. The van der Waals surface area contributed by atoms with E-state index in [2.05, 4.69) is 19.8 Å². The predicted octanol–water partition coefficient (Wildman–Crippen LogP) is -1.83. The van der Waals surface area contributed by atoms with E-state index in [9.17, 15) is 19.5 Å². The number of hydrogen-bond donors (Lipinski definition) is 3. The van der Waals surface area contributed by atoms with Crippen molar-refractivity contribution in [3.05, 3.63) is 47.7 Å². The Morgan fingerprint density at radius 2 is 2.23 bits per heavy atom. The summed E-state index contributed by atoms with van der Waals surface area (Å²) >= 11 is 3.84. The van der Waals surface area contributed by atoms with Crippen molar-refractivity contribution in [1.29, 1.82) is 0 Å². The van der Waals surface area contributed by atoms with Crippen LogP contribution in [0, 0.1) is 0 Å². The molecule has 2 aliphatic rings. The Morgan fingerprint density at radius 3 is 2.92 bits per heavy atom. The van der Waals surface area contributed by atoms with E-state index in [0.717, 1.165) is 32.9 Å². The minimum Gasteiger partial charge on any atom is -0.543 e. The number of carbonyl (C=O) groups excluding carboxylic acids is 3. The number of aromatic nitrogens is 4. The molecule has 17 heteroatoms. The van der Waals surface area contributed by atoms with E-state index in [0.29, 0.717) is 17.9 Å². The summed E-state index contributed by atoms with van der Waals surface area (Å²) < 4.78 is 7.87. The molecule has 0 spiro atoms. The van der Waals surface area contributed by atoms with E-state index < -0.39 is 29.2 Å². The Balaban J connectivity index is 1.36. The molecule has 3 aromatic heterocycles. The van der Waals surface area contributed by atoms with Gasteiger partial charge in [0.2, 0.25) is 11.5 Å². The second kappa shape index (κ2) is 11.2. The molecule has 0 radical (unpaired) electrons. The molecule has 5 heterocycles. The van der Waals surface area contributed by atoms with Crippen LogP contribution in [0.2, 0.25) is 0 Å². The van der Waals surface area contributed by atoms with Gasteiger partial charge in [0, 0.05) is 41.2 Å². The summed E-state index contributed by atoms with van der Waals surface area (Å²) in [6.07, 6.45) is 3.76. The zero-order valence-corrected chi connectivity index (χ0v) is 22.9. The fraction of sp³-hybridized carbons (Fsp3) is 0.318. The van der Waals surface area contributed by atoms with Crippen LogP contribution in [0.5, 0.6) is 0 Å². The van der Waals surface area contributed by atoms with Crippen LogP contribution in [0.25, 0.3) is 5.65 Å². The zero-order valence-electron chi connectivity index (χ0n) is 20.5. The highest BCUT2D eigenvalue weighted by molar-refractivity contribution is 8.00. The number of oxime groups is 1. The van der Waals surface area contributed by atoms with Crippen LogP contribution in [-0.2, 0) is 25.8 Å². The molecule has 0 bridgehead atoms. The van der Waals surface area contributed by atoms with Crippen molar-refractivity contribution in [3.8, 4) is 0 Å². The SMILES string of the molecule is CO/N=C(\C(=O)N[C@@H]1C(=O)N2C(C(=O)[O-])=C(Cn3cc[n+]4c(SCCN)cccc34)CS[C@@H]12)c1nsc(N)n1. The Bertz CT molecular complexity index is 1520. The third-order valence-corrected chi connectivity index (χ3v) is 8.92. The van der Waals surface area contributed by atoms with Gasteiger partial charge in [-0.05, 0) is 12.1 Å². The van der Waals surface area contributed by atoms with Gasteiger partial charge in [-0.15, -0.1) is 11.8 Å². The summed E-state index contributed by atoms with van der Waals surface area (Å²) in [5.74, 6) is -1.75. The highest BCUT2D eigenvalue weighted by Gasteiger charge is 2.53. The maximum Gasteiger partial charge on any atom is 0.287 e. The van der Waals surface area contributed by atoms with Crippen LogP contribution in [0.3, 0.4) is 0 Å². The molecule has 0 aromatic carbocycles. The number of pyridine rings is 1. The summed E-state index contributed by atoms with van der Waals surface area (Å²) in [4.78, 5) is 48.1. The molecule has 1 saturated heterocycles. The summed E-state index contributed by atoms with van der Waals surface area (Å²) in [7, 11) is 1.25. The molecule has 0 unspecified atom stereocenters. The molecule has 204 valence electrons. The monoisotopic (exact) mass is 589 g/mol. The van der Waals surface area contributed by atoms with Gasteiger partial charge in [-0.1, -0.05) is 16.9 Å². The second-order valence-electron chi connectivity index (χ2n) is 8.33. The third-order valence-electron chi connectivity index (χ3n) is 5.97.